The standard InChI is InChI=1S/C19H24BFN4O5/c1-10-6-25-11(7-24(10)18(26)30-19(2,3)4)8-29-13-5-12(20(27)28)15(21)16-14(13)17(25)23-9-22-16/h5,9-11,27-28H,6-8H2,1-4H3/t10-,11+/m1/s1. The van der Waals surface area contributed by atoms with Crippen LogP contribution in [0.25, 0.3) is 10.9 Å². The highest BCUT2D eigenvalue weighted by molar-refractivity contribution is 6.59. The number of carbonyl (C=O) groups excluding carboxylic acids is 1. The maximum Gasteiger partial charge on any atom is 0.491 e. The molecule has 9 nitrogen and oxygen atoms in total. The summed E-state index contributed by atoms with van der Waals surface area (Å²) in [6, 6.07) is 0.846. The molecule has 0 aliphatic carbocycles. The number of carbonyl (C=O) groups is 1. The number of fused-ring (bicyclic) bond motifs is 2. The van der Waals surface area contributed by atoms with Gasteiger partial charge < -0.3 is 29.3 Å². The molecule has 1 fully saturated rings. The molecular weight excluding hydrogens is 394 g/mol. The van der Waals surface area contributed by atoms with Crippen molar-refractivity contribution in [3.05, 3.63) is 18.2 Å². The van der Waals surface area contributed by atoms with Gasteiger partial charge in [-0.3, -0.25) is 0 Å². The van der Waals surface area contributed by atoms with E-state index in [2.05, 4.69) is 9.97 Å². The van der Waals surface area contributed by atoms with Crippen molar-refractivity contribution in [1.29, 1.82) is 0 Å². The van der Waals surface area contributed by atoms with Gasteiger partial charge in [-0.1, -0.05) is 0 Å². The summed E-state index contributed by atoms with van der Waals surface area (Å²) in [5.41, 5.74) is -0.962. The second-order valence-corrected chi connectivity index (χ2v) is 8.67. The average Bonchev–Trinajstić information content (AvgIpc) is 2.80. The quantitative estimate of drug-likeness (QED) is 0.651. The zero-order valence-corrected chi connectivity index (χ0v) is 17.3. The van der Waals surface area contributed by atoms with Crippen LogP contribution in [-0.2, 0) is 4.74 Å². The third kappa shape index (κ3) is 3.52. The summed E-state index contributed by atoms with van der Waals surface area (Å²) < 4.78 is 26.3. The minimum absolute atomic E-state index is 0.0384. The van der Waals surface area contributed by atoms with Crippen LogP contribution in [0, 0.1) is 5.82 Å². The van der Waals surface area contributed by atoms with Crippen molar-refractivity contribution < 1.29 is 28.7 Å². The van der Waals surface area contributed by atoms with E-state index in [-0.39, 0.29) is 35.4 Å². The number of benzene rings is 1. The second kappa shape index (κ2) is 7.24. The number of aromatic nitrogens is 2. The number of halogens is 1. The summed E-state index contributed by atoms with van der Waals surface area (Å²) in [4.78, 5) is 24.7. The van der Waals surface area contributed by atoms with E-state index in [0.29, 0.717) is 24.3 Å². The monoisotopic (exact) mass is 418 g/mol. The van der Waals surface area contributed by atoms with Crippen molar-refractivity contribution in [1.82, 2.24) is 14.9 Å². The second-order valence-electron chi connectivity index (χ2n) is 8.67. The number of rotatable bonds is 1. The van der Waals surface area contributed by atoms with Gasteiger partial charge in [-0.15, -0.1) is 0 Å². The number of ether oxygens (including phenoxy) is 2. The Labute approximate surface area is 173 Å². The first-order chi connectivity index (χ1) is 14.1. The Bertz CT molecular complexity index is 999. The molecule has 4 rings (SSSR count). The number of nitrogens with zero attached hydrogens (tertiary/aromatic N) is 4. The normalized spacial score (nSPS) is 21.0. The smallest absolute Gasteiger partial charge is 0.491 e. The minimum Gasteiger partial charge on any atom is -0.491 e. The Kier molecular flexibility index (Phi) is 4.97. The van der Waals surface area contributed by atoms with Crippen LogP contribution in [0.3, 0.4) is 0 Å². The Hall–Kier alpha value is -2.66. The third-order valence-electron chi connectivity index (χ3n) is 5.27. The summed E-state index contributed by atoms with van der Waals surface area (Å²) in [5, 5.41) is 19.4. The molecule has 1 aromatic heterocycles. The molecule has 0 unspecified atom stereocenters. The highest BCUT2D eigenvalue weighted by atomic mass is 19.1. The molecule has 0 saturated carbocycles. The van der Waals surface area contributed by atoms with E-state index in [9.17, 15) is 19.2 Å². The van der Waals surface area contributed by atoms with Gasteiger partial charge in [0.25, 0.3) is 0 Å². The van der Waals surface area contributed by atoms with Crippen molar-refractivity contribution >= 4 is 35.4 Å². The van der Waals surface area contributed by atoms with Crippen molar-refractivity contribution in [3.63, 3.8) is 0 Å². The largest absolute Gasteiger partial charge is 0.491 e. The molecule has 2 aliphatic rings. The van der Waals surface area contributed by atoms with Gasteiger partial charge in [0.05, 0.1) is 11.4 Å². The molecule has 1 aromatic carbocycles. The van der Waals surface area contributed by atoms with Crippen LogP contribution in [0.1, 0.15) is 27.7 Å². The molecule has 3 heterocycles. The van der Waals surface area contributed by atoms with Gasteiger partial charge in [0.1, 0.15) is 41.4 Å². The fourth-order valence-electron chi connectivity index (χ4n) is 3.90. The Balaban J connectivity index is 1.73. The van der Waals surface area contributed by atoms with E-state index in [1.165, 1.54) is 12.4 Å². The van der Waals surface area contributed by atoms with Gasteiger partial charge in [-0.25, -0.2) is 19.2 Å². The van der Waals surface area contributed by atoms with Crippen LogP contribution in [0.15, 0.2) is 12.4 Å². The summed E-state index contributed by atoms with van der Waals surface area (Å²) in [5.74, 6) is -0.0584. The van der Waals surface area contributed by atoms with Gasteiger partial charge in [0.2, 0.25) is 0 Å². The van der Waals surface area contributed by atoms with Crippen LogP contribution < -0.4 is 15.1 Å². The number of anilines is 1. The maximum absolute atomic E-state index is 14.8. The topological polar surface area (TPSA) is 108 Å². The molecular formula is C19H24BFN4O5. The lowest BCUT2D eigenvalue weighted by atomic mass is 9.79. The molecule has 30 heavy (non-hydrogen) atoms. The fraction of sp³-hybridized carbons (Fsp3) is 0.526. The number of hydrogen-bond acceptors (Lipinski definition) is 8. The molecule has 1 amide bonds. The highest BCUT2D eigenvalue weighted by Gasteiger charge is 2.40. The molecule has 2 atom stereocenters. The molecule has 1 saturated heterocycles. The molecule has 2 aromatic rings. The van der Waals surface area contributed by atoms with Crippen molar-refractivity contribution in [3.8, 4) is 5.75 Å². The maximum atomic E-state index is 14.8. The summed E-state index contributed by atoms with van der Waals surface area (Å²) in [7, 11) is -2.00. The molecule has 2 aliphatic heterocycles. The zero-order valence-electron chi connectivity index (χ0n) is 17.3. The lowest BCUT2D eigenvalue weighted by Crippen LogP contribution is -2.61. The molecule has 11 heteroatoms. The molecule has 2 N–H and O–H groups in total. The average molecular weight is 418 g/mol. The van der Waals surface area contributed by atoms with Crippen molar-refractivity contribution in [2.24, 2.45) is 0 Å². The van der Waals surface area contributed by atoms with Crippen LogP contribution in [-0.4, -0.2) is 75.5 Å². The van der Waals surface area contributed by atoms with Crippen molar-refractivity contribution in [2.75, 3.05) is 24.6 Å². The van der Waals surface area contributed by atoms with Gasteiger partial charge in [-0.05, 0) is 33.8 Å². The Morgan fingerprint density at radius 2 is 2.07 bits per heavy atom. The van der Waals surface area contributed by atoms with Crippen LogP contribution in [0.2, 0.25) is 0 Å². The number of hydrogen-bond donors (Lipinski definition) is 2. The predicted molar refractivity (Wildman–Crippen MR) is 108 cm³/mol. The van der Waals surface area contributed by atoms with E-state index in [4.69, 9.17) is 9.47 Å². The van der Waals surface area contributed by atoms with E-state index < -0.39 is 24.6 Å². The van der Waals surface area contributed by atoms with E-state index >= 15 is 0 Å². The predicted octanol–water partition coefficient (Wildman–Crippen LogP) is 0.655. The van der Waals surface area contributed by atoms with Crippen LogP contribution in [0.4, 0.5) is 15.0 Å². The molecule has 0 radical (unpaired) electrons. The fourth-order valence-corrected chi connectivity index (χ4v) is 3.90. The molecule has 160 valence electrons. The van der Waals surface area contributed by atoms with Crippen molar-refractivity contribution in [2.45, 2.75) is 45.4 Å². The zero-order chi connectivity index (χ0) is 21.8. The molecule has 0 spiro atoms. The summed E-state index contributed by atoms with van der Waals surface area (Å²) in [6.45, 7) is 8.35. The lowest BCUT2D eigenvalue weighted by Gasteiger charge is -2.44. The SMILES string of the molecule is C[C@@H]1CN2c3ncnc4c(F)c(B(O)O)cc(c34)OC[C@@H]2CN1C(=O)OC(C)(C)C. The highest BCUT2D eigenvalue weighted by Crippen LogP contribution is 2.37. The summed E-state index contributed by atoms with van der Waals surface area (Å²) in [6.07, 6.45) is 0.840. The Morgan fingerprint density at radius 3 is 2.73 bits per heavy atom. The van der Waals surface area contributed by atoms with E-state index in [1.54, 1.807) is 4.90 Å². The van der Waals surface area contributed by atoms with E-state index in [0.717, 1.165) is 0 Å². The van der Waals surface area contributed by atoms with Crippen LogP contribution in [0.5, 0.6) is 5.75 Å². The lowest BCUT2D eigenvalue weighted by molar-refractivity contribution is 0.0109. The summed E-state index contributed by atoms with van der Waals surface area (Å²) >= 11 is 0. The Morgan fingerprint density at radius 1 is 1.33 bits per heavy atom. The third-order valence-corrected chi connectivity index (χ3v) is 5.27. The van der Waals surface area contributed by atoms with Gasteiger partial charge in [0.15, 0.2) is 0 Å². The molecule has 0 bridgehead atoms. The van der Waals surface area contributed by atoms with Gasteiger partial charge in [-0.2, -0.15) is 0 Å². The van der Waals surface area contributed by atoms with Gasteiger partial charge >= 0.3 is 13.2 Å². The first-order valence-corrected chi connectivity index (χ1v) is 9.79. The minimum atomic E-state index is -2.00. The number of amides is 1. The van der Waals surface area contributed by atoms with E-state index in [1.807, 2.05) is 32.6 Å². The number of piperazine rings is 1. The van der Waals surface area contributed by atoms with Gasteiger partial charge in [0, 0.05) is 24.6 Å². The first kappa shape index (κ1) is 20.6. The first-order valence-electron chi connectivity index (χ1n) is 9.79. The van der Waals surface area contributed by atoms with Crippen LogP contribution >= 0.6 is 0 Å².